The summed E-state index contributed by atoms with van der Waals surface area (Å²) in [7, 11) is 0. The fourth-order valence-corrected chi connectivity index (χ4v) is 3.78. The molecule has 1 heterocycles. The lowest BCUT2D eigenvalue weighted by molar-refractivity contribution is -0.384. The maximum Gasteiger partial charge on any atom is 0.408 e. The molecular formula is C22H23N3O5S. The average molecular weight is 442 g/mol. The van der Waals surface area contributed by atoms with Crippen molar-refractivity contribution in [2.45, 2.75) is 43.7 Å². The number of benzene rings is 2. The van der Waals surface area contributed by atoms with Gasteiger partial charge in [0.1, 0.15) is 11.6 Å². The fraction of sp³-hybridized carbons (Fsp3) is 0.273. The predicted molar refractivity (Wildman–Crippen MR) is 119 cm³/mol. The number of nitrogens with one attached hydrogen (secondary N) is 2. The Morgan fingerprint density at radius 1 is 1.16 bits per heavy atom. The second kappa shape index (κ2) is 9.22. The number of ether oxygens (including phenoxy) is 1. The van der Waals surface area contributed by atoms with Crippen LogP contribution in [0.5, 0.6) is 0 Å². The highest BCUT2D eigenvalue weighted by Gasteiger charge is 2.26. The summed E-state index contributed by atoms with van der Waals surface area (Å²) in [5, 5.41) is 14.2. The van der Waals surface area contributed by atoms with E-state index < -0.39 is 22.7 Å². The summed E-state index contributed by atoms with van der Waals surface area (Å²) in [6, 6.07) is 12.5. The van der Waals surface area contributed by atoms with Gasteiger partial charge in [-0.05, 0) is 56.3 Å². The highest BCUT2D eigenvalue weighted by molar-refractivity contribution is 8.13. The van der Waals surface area contributed by atoms with Crippen LogP contribution in [0.4, 0.5) is 10.5 Å². The molecule has 0 unspecified atom stereocenters. The standard InChI is InChI=1S/C22H23N3O5S/c1-22(2,3)30-21(27)24-19(12-14-13-23-18-7-5-4-6-17(14)18)20(26)31-16-10-8-15(9-11-16)25(28)29/h4-11,13,19,23H,12H2,1-3H3,(H,24,27)/t19-/m0/s1. The van der Waals surface area contributed by atoms with Crippen molar-refractivity contribution in [3.63, 3.8) is 0 Å². The normalized spacial score (nSPS) is 12.4. The maximum atomic E-state index is 13.0. The Kier molecular flexibility index (Phi) is 6.65. The van der Waals surface area contributed by atoms with Crippen LogP contribution in [0.2, 0.25) is 0 Å². The van der Waals surface area contributed by atoms with Gasteiger partial charge in [0.05, 0.1) is 4.92 Å². The molecule has 31 heavy (non-hydrogen) atoms. The van der Waals surface area contributed by atoms with E-state index in [0.29, 0.717) is 4.90 Å². The van der Waals surface area contributed by atoms with Crippen molar-refractivity contribution in [3.8, 4) is 0 Å². The SMILES string of the molecule is CC(C)(C)OC(=O)N[C@@H](Cc1c[nH]c2ccccc12)C(=O)Sc1ccc([N+](=O)[O-])cc1. The van der Waals surface area contributed by atoms with Gasteiger partial charge in [-0.15, -0.1) is 0 Å². The summed E-state index contributed by atoms with van der Waals surface area (Å²) in [6.45, 7) is 5.23. The number of hydrogen-bond donors (Lipinski definition) is 2. The Labute approximate surface area is 183 Å². The molecule has 1 atom stereocenters. The number of non-ortho nitro benzene ring substituents is 1. The Morgan fingerprint density at radius 2 is 1.84 bits per heavy atom. The van der Waals surface area contributed by atoms with Crippen LogP contribution < -0.4 is 5.32 Å². The van der Waals surface area contributed by atoms with Crippen LogP contribution in [0.1, 0.15) is 26.3 Å². The first-order valence-electron chi connectivity index (χ1n) is 9.63. The first-order valence-corrected chi connectivity index (χ1v) is 10.4. The molecule has 0 aliphatic heterocycles. The molecule has 3 aromatic rings. The van der Waals surface area contributed by atoms with E-state index in [0.717, 1.165) is 28.2 Å². The molecule has 8 nitrogen and oxygen atoms in total. The van der Waals surface area contributed by atoms with Crippen LogP contribution in [0, 0.1) is 10.1 Å². The van der Waals surface area contributed by atoms with Gasteiger partial charge in [0.25, 0.3) is 5.69 Å². The minimum absolute atomic E-state index is 0.0565. The Balaban J connectivity index is 1.80. The second-order valence-corrected chi connectivity index (χ2v) is 9.01. The zero-order chi connectivity index (χ0) is 22.6. The number of aromatic nitrogens is 1. The number of nitro groups is 1. The van der Waals surface area contributed by atoms with Gasteiger partial charge in [-0.2, -0.15) is 0 Å². The van der Waals surface area contributed by atoms with E-state index in [2.05, 4.69) is 10.3 Å². The molecule has 1 aromatic heterocycles. The predicted octanol–water partition coefficient (Wildman–Crippen LogP) is 4.83. The van der Waals surface area contributed by atoms with Crippen molar-refractivity contribution in [3.05, 3.63) is 70.4 Å². The van der Waals surface area contributed by atoms with Crippen LogP contribution in [0.3, 0.4) is 0 Å². The van der Waals surface area contributed by atoms with E-state index in [4.69, 9.17) is 4.74 Å². The number of alkyl carbamates (subject to hydrolysis) is 1. The largest absolute Gasteiger partial charge is 0.444 e. The first kappa shape index (κ1) is 22.4. The lowest BCUT2D eigenvalue weighted by Crippen LogP contribution is -2.43. The van der Waals surface area contributed by atoms with Crippen LogP contribution in [0.25, 0.3) is 10.9 Å². The van der Waals surface area contributed by atoms with Crippen LogP contribution in [0.15, 0.2) is 59.6 Å². The number of aromatic amines is 1. The third-order valence-corrected chi connectivity index (χ3v) is 5.33. The zero-order valence-corrected chi connectivity index (χ0v) is 18.2. The van der Waals surface area contributed by atoms with Gasteiger partial charge in [0.2, 0.25) is 5.12 Å². The minimum atomic E-state index is -0.853. The van der Waals surface area contributed by atoms with Gasteiger partial charge in [-0.3, -0.25) is 14.9 Å². The first-order chi connectivity index (χ1) is 14.6. The maximum absolute atomic E-state index is 13.0. The molecule has 3 rings (SSSR count). The van der Waals surface area contributed by atoms with Crippen molar-refractivity contribution in [1.82, 2.24) is 10.3 Å². The number of rotatable bonds is 6. The third-order valence-electron chi connectivity index (χ3n) is 4.34. The Bertz CT molecular complexity index is 1100. The number of amides is 1. The second-order valence-electron chi connectivity index (χ2n) is 7.93. The monoisotopic (exact) mass is 441 g/mol. The molecule has 0 spiro atoms. The van der Waals surface area contributed by atoms with E-state index in [1.165, 1.54) is 24.3 Å². The van der Waals surface area contributed by atoms with Crippen molar-refractivity contribution in [2.24, 2.45) is 0 Å². The highest BCUT2D eigenvalue weighted by Crippen LogP contribution is 2.26. The number of H-pyrrole nitrogens is 1. The molecular weight excluding hydrogens is 418 g/mol. The third kappa shape index (κ3) is 6.08. The fourth-order valence-electron chi connectivity index (χ4n) is 2.99. The summed E-state index contributed by atoms with van der Waals surface area (Å²) in [5.41, 5.74) is 1.06. The van der Waals surface area contributed by atoms with Crippen molar-refractivity contribution in [1.29, 1.82) is 0 Å². The molecule has 0 saturated heterocycles. The minimum Gasteiger partial charge on any atom is -0.444 e. The zero-order valence-electron chi connectivity index (χ0n) is 17.4. The molecule has 9 heteroatoms. The topological polar surface area (TPSA) is 114 Å². The van der Waals surface area contributed by atoms with E-state index >= 15 is 0 Å². The Morgan fingerprint density at radius 3 is 2.48 bits per heavy atom. The number of thioether (sulfide) groups is 1. The van der Waals surface area contributed by atoms with Gasteiger partial charge in [-0.1, -0.05) is 18.2 Å². The summed E-state index contributed by atoms with van der Waals surface area (Å²) in [5.74, 6) is 0. The van der Waals surface area contributed by atoms with Crippen molar-refractivity contribution in [2.75, 3.05) is 0 Å². The molecule has 162 valence electrons. The number of nitrogens with zero attached hydrogens (tertiary/aromatic N) is 1. The lowest BCUT2D eigenvalue weighted by Gasteiger charge is -2.23. The van der Waals surface area contributed by atoms with Gasteiger partial charge < -0.3 is 15.0 Å². The smallest absolute Gasteiger partial charge is 0.408 e. The molecule has 0 aliphatic carbocycles. The van der Waals surface area contributed by atoms with E-state index in [1.807, 2.05) is 30.5 Å². The van der Waals surface area contributed by atoms with E-state index in [1.54, 1.807) is 20.8 Å². The summed E-state index contributed by atoms with van der Waals surface area (Å²) in [4.78, 5) is 39.4. The number of nitro benzene ring substituents is 1. The van der Waals surface area contributed by atoms with Gasteiger partial charge >= 0.3 is 6.09 Å². The average Bonchev–Trinajstić information content (AvgIpc) is 3.09. The van der Waals surface area contributed by atoms with Gasteiger partial charge in [0.15, 0.2) is 0 Å². The highest BCUT2D eigenvalue weighted by atomic mass is 32.2. The molecule has 0 saturated carbocycles. The van der Waals surface area contributed by atoms with Crippen LogP contribution >= 0.6 is 11.8 Å². The Hall–Kier alpha value is -3.33. The molecule has 0 fully saturated rings. The molecule has 0 aliphatic rings. The lowest BCUT2D eigenvalue weighted by atomic mass is 10.1. The van der Waals surface area contributed by atoms with E-state index in [9.17, 15) is 19.7 Å². The quantitative estimate of drug-likeness (QED) is 0.322. The number of fused-ring (bicyclic) bond motifs is 1. The van der Waals surface area contributed by atoms with Crippen LogP contribution in [-0.2, 0) is 16.0 Å². The molecule has 2 N–H and O–H groups in total. The number of carbonyl (C=O) groups excluding carboxylic acids is 2. The number of carbonyl (C=O) groups is 2. The van der Waals surface area contributed by atoms with Crippen molar-refractivity contribution < 1.29 is 19.2 Å². The van der Waals surface area contributed by atoms with Gasteiger partial charge in [-0.25, -0.2) is 4.79 Å². The molecule has 0 bridgehead atoms. The summed E-state index contributed by atoms with van der Waals surface area (Å²) < 4.78 is 5.32. The molecule has 2 aromatic carbocycles. The summed E-state index contributed by atoms with van der Waals surface area (Å²) in [6.07, 6.45) is 1.40. The summed E-state index contributed by atoms with van der Waals surface area (Å²) >= 11 is 0.917. The van der Waals surface area contributed by atoms with Gasteiger partial charge in [0, 0.05) is 40.5 Å². The molecule has 1 amide bonds. The van der Waals surface area contributed by atoms with Crippen LogP contribution in [-0.4, -0.2) is 32.8 Å². The molecule has 0 radical (unpaired) electrons. The number of para-hydroxylation sites is 1. The van der Waals surface area contributed by atoms with E-state index in [-0.39, 0.29) is 17.2 Å². The van der Waals surface area contributed by atoms with Crippen molar-refractivity contribution >= 4 is 39.6 Å². The number of hydrogen-bond acceptors (Lipinski definition) is 6.